The molecule has 1 saturated carbocycles. The molecule has 30 heavy (non-hydrogen) atoms. The number of rotatable bonds is 6. The Morgan fingerprint density at radius 3 is 2.70 bits per heavy atom. The summed E-state index contributed by atoms with van der Waals surface area (Å²) in [6, 6.07) is 5.41. The highest BCUT2D eigenvalue weighted by molar-refractivity contribution is 7.92. The number of nitrogens with one attached hydrogen (secondary N) is 2. The average Bonchev–Trinajstić information content (AvgIpc) is 3.05. The number of sulfonamides is 1. The average molecular weight is 439 g/mol. The van der Waals surface area contributed by atoms with E-state index in [0.29, 0.717) is 17.9 Å². The van der Waals surface area contributed by atoms with Gasteiger partial charge in [-0.1, -0.05) is 19.3 Å². The lowest BCUT2D eigenvalue weighted by Gasteiger charge is -2.37. The van der Waals surface area contributed by atoms with Crippen LogP contribution in [-0.2, 0) is 19.6 Å². The predicted octanol–water partition coefficient (Wildman–Crippen LogP) is 1.89. The van der Waals surface area contributed by atoms with Crippen molar-refractivity contribution in [3.8, 4) is 5.75 Å². The van der Waals surface area contributed by atoms with Crippen molar-refractivity contribution < 1.29 is 27.8 Å². The van der Waals surface area contributed by atoms with E-state index >= 15 is 0 Å². The molecule has 4 atom stereocenters. The number of carbonyl (C=O) groups is 1. The second kappa shape index (κ2) is 8.72. The normalized spacial score (nSPS) is 28.9. The maximum atomic E-state index is 12.6. The fourth-order valence-electron chi connectivity index (χ4n) is 4.91. The number of anilines is 1. The minimum absolute atomic E-state index is 0.0197. The van der Waals surface area contributed by atoms with E-state index in [-0.39, 0.29) is 43.1 Å². The Labute approximate surface area is 177 Å². The first-order chi connectivity index (χ1) is 14.3. The zero-order valence-electron chi connectivity index (χ0n) is 17.2. The number of fused-ring (bicyclic) bond motifs is 3. The van der Waals surface area contributed by atoms with E-state index in [2.05, 4.69) is 10.0 Å². The highest BCUT2D eigenvalue weighted by Crippen LogP contribution is 2.47. The Balaban J connectivity index is 1.46. The molecule has 1 amide bonds. The molecule has 2 aliphatic heterocycles. The minimum atomic E-state index is -3.39. The third-order valence-electron chi connectivity index (χ3n) is 6.19. The standard InChI is InChI=1S/C21H30N2O6S/c1-30(26,27)23-14-7-8-18-16(9-14)17-10-15(28-19(12-24)21(17)29-18)11-20(25)22-13-5-3-2-4-6-13/h7-9,13,15,17,19,21,23-24H,2-6,10-12H2,1H3,(H,22,25)/t15-,17+,19-,21-/m1/s1. The number of aliphatic hydroxyl groups excluding tert-OH is 1. The van der Waals surface area contributed by atoms with E-state index in [4.69, 9.17) is 9.47 Å². The Morgan fingerprint density at radius 2 is 2.00 bits per heavy atom. The van der Waals surface area contributed by atoms with Crippen LogP contribution in [0.25, 0.3) is 0 Å². The maximum absolute atomic E-state index is 12.6. The smallest absolute Gasteiger partial charge is 0.229 e. The van der Waals surface area contributed by atoms with Crippen molar-refractivity contribution >= 4 is 21.6 Å². The molecule has 1 saturated heterocycles. The van der Waals surface area contributed by atoms with Gasteiger partial charge in [0.1, 0.15) is 18.0 Å². The van der Waals surface area contributed by atoms with E-state index in [9.17, 15) is 18.3 Å². The fraction of sp³-hybridized carbons (Fsp3) is 0.667. The Hall–Kier alpha value is -1.84. The second-order valence-electron chi connectivity index (χ2n) is 8.64. The van der Waals surface area contributed by atoms with Gasteiger partial charge in [-0.05, 0) is 37.5 Å². The predicted molar refractivity (Wildman–Crippen MR) is 112 cm³/mol. The molecule has 0 unspecified atom stereocenters. The molecule has 3 N–H and O–H groups in total. The first-order valence-electron chi connectivity index (χ1n) is 10.7. The summed E-state index contributed by atoms with van der Waals surface area (Å²) < 4.78 is 37.7. The molecule has 0 radical (unpaired) electrons. The lowest BCUT2D eigenvalue weighted by molar-refractivity contribution is -0.142. The summed E-state index contributed by atoms with van der Waals surface area (Å²) in [5.41, 5.74) is 1.35. The van der Waals surface area contributed by atoms with Crippen LogP contribution in [0.4, 0.5) is 5.69 Å². The fourth-order valence-corrected chi connectivity index (χ4v) is 5.46. The van der Waals surface area contributed by atoms with Crippen molar-refractivity contribution in [2.75, 3.05) is 17.6 Å². The van der Waals surface area contributed by atoms with Crippen LogP contribution < -0.4 is 14.8 Å². The topological polar surface area (TPSA) is 114 Å². The highest BCUT2D eigenvalue weighted by Gasteiger charge is 2.46. The van der Waals surface area contributed by atoms with E-state index in [1.54, 1.807) is 18.2 Å². The van der Waals surface area contributed by atoms with Crippen LogP contribution in [0.5, 0.6) is 5.75 Å². The quantitative estimate of drug-likeness (QED) is 0.625. The van der Waals surface area contributed by atoms with Crippen LogP contribution in [0.15, 0.2) is 18.2 Å². The van der Waals surface area contributed by atoms with E-state index in [0.717, 1.165) is 37.5 Å². The maximum Gasteiger partial charge on any atom is 0.229 e. The molecule has 0 bridgehead atoms. The molecule has 1 aromatic rings. The van der Waals surface area contributed by atoms with Crippen LogP contribution in [0.2, 0.25) is 0 Å². The molecule has 0 spiro atoms. The number of amides is 1. The molecule has 9 heteroatoms. The summed E-state index contributed by atoms with van der Waals surface area (Å²) in [6.45, 7) is -0.204. The van der Waals surface area contributed by atoms with Gasteiger partial charge in [-0.2, -0.15) is 0 Å². The summed E-state index contributed by atoms with van der Waals surface area (Å²) in [5.74, 6) is 0.576. The number of hydrogen-bond acceptors (Lipinski definition) is 6. The van der Waals surface area contributed by atoms with Gasteiger partial charge in [0.05, 0.1) is 25.4 Å². The zero-order chi connectivity index (χ0) is 21.3. The zero-order valence-corrected chi connectivity index (χ0v) is 18.0. The number of carbonyl (C=O) groups excluding carboxylic acids is 1. The van der Waals surface area contributed by atoms with Gasteiger partial charge in [0.15, 0.2) is 0 Å². The first-order valence-corrected chi connectivity index (χ1v) is 12.6. The Bertz CT molecular complexity index is 883. The van der Waals surface area contributed by atoms with Crippen LogP contribution in [0, 0.1) is 0 Å². The molecule has 1 aliphatic carbocycles. The van der Waals surface area contributed by atoms with Crippen molar-refractivity contribution in [3.63, 3.8) is 0 Å². The number of ether oxygens (including phenoxy) is 2. The lowest BCUT2D eigenvalue weighted by atomic mass is 9.84. The summed E-state index contributed by atoms with van der Waals surface area (Å²) >= 11 is 0. The van der Waals surface area contributed by atoms with Crippen molar-refractivity contribution in [2.45, 2.75) is 75.2 Å². The van der Waals surface area contributed by atoms with Gasteiger partial charge in [-0.25, -0.2) is 8.42 Å². The van der Waals surface area contributed by atoms with Gasteiger partial charge in [-0.3, -0.25) is 9.52 Å². The lowest BCUT2D eigenvalue weighted by Crippen LogP contribution is -2.48. The number of hydrogen-bond donors (Lipinski definition) is 3. The molecule has 1 aromatic carbocycles. The van der Waals surface area contributed by atoms with E-state index in [1.807, 2.05) is 0 Å². The van der Waals surface area contributed by atoms with Crippen LogP contribution in [0.3, 0.4) is 0 Å². The summed E-state index contributed by atoms with van der Waals surface area (Å²) in [5, 5.41) is 13.0. The van der Waals surface area contributed by atoms with E-state index < -0.39 is 16.1 Å². The number of benzene rings is 1. The minimum Gasteiger partial charge on any atom is -0.487 e. The second-order valence-corrected chi connectivity index (χ2v) is 10.4. The monoisotopic (exact) mass is 438 g/mol. The van der Waals surface area contributed by atoms with Crippen LogP contribution in [-0.4, -0.2) is 56.6 Å². The molecule has 3 aliphatic rings. The molecule has 166 valence electrons. The van der Waals surface area contributed by atoms with Crippen LogP contribution >= 0.6 is 0 Å². The van der Waals surface area contributed by atoms with Gasteiger partial charge in [0.2, 0.25) is 15.9 Å². The van der Waals surface area contributed by atoms with Crippen LogP contribution in [0.1, 0.15) is 56.4 Å². The molecule has 0 aromatic heterocycles. The summed E-state index contributed by atoms with van der Waals surface area (Å²) in [7, 11) is -3.39. The first kappa shape index (κ1) is 21.4. The van der Waals surface area contributed by atoms with Crippen molar-refractivity contribution in [1.29, 1.82) is 0 Å². The number of aliphatic hydroxyl groups is 1. The highest BCUT2D eigenvalue weighted by atomic mass is 32.2. The Morgan fingerprint density at radius 1 is 1.23 bits per heavy atom. The Kier molecular flexibility index (Phi) is 6.22. The van der Waals surface area contributed by atoms with Crippen molar-refractivity contribution in [3.05, 3.63) is 23.8 Å². The molecule has 8 nitrogen and oxygen atoms in total. The molecule has 4 rings (SSSR count). The van der Waals surface area contributed by atoms with Gasteiger partial charge >= 0.3 is 0 Å². The van der Waals surface area contributed by atoms with Crippen molar-refractivity contribution in [2.24, 2.45) is 0 Å². The third-order valence-corrected chi connectivity index (χ3v) is 6.79. The molecular weight excluding hydrogens is 408 g/mol. The summed E-state index contributed by atoms with van der Waals surface area (Å²) in [4.78, 5) is 12.6. The van der Waals surface area contributed by atoms with Gasteiger partial charge in [0.25, 0.3) is 0 Å². The van der Waals surface area contributed by atoms with Gasteiger partial charge in [-0.15, -0.1) is 0 Å². The molecule has 2 fully saturated rings. The van der Waals surface area contributed by atoms with E-state index in [1.165, 1.54) is 6.42 Å². The molecule has 2 heterocycles. The molecular formula is C21H30N2O6S. The summed E-state index contributed by atoms with van der Waals surface area (Å²) in [6.07, 6.45) is 6.31. The third kappa shape index (κ3) is 4.90. The van der Waals surface area contributed by atoms with Gasteiger partial charge in [0, 0.05) is 23.2 Å². The van der Waals surface area contributed by atoms with Gasteiger partial charge < -0.3 is 19.9 Å². The largest absolute Gasteiger partial charge is 0.487 e. The van der Waals surface area contributed by atoms with Crippen molar-refractivity contribution in [1.82, 2.24) is 5.32 Å². The SMILES string of the molecule is CS(=O)(=O)Nc1ccc2c(c1)[C@@H]1C[C@H](CC(=O)NC3CCCCC3)O[C@H](CO)[C@@H]1O2.